The molecule has 0 spiro atoms. The van der Waals surface area contributed by atoms with Crippen LogP contribution >= 0.6 is 7.82 Å². The smallest absolute Gasteiger partial charge is 0.268 e. The molecular weight excluding hydrogens is 283 g/mol. The second-order valence-corrected chi connectivity index (χ2v) is 6.91. The Kier molecular flexibility index (Phi) is 9.84. The number of hydrogen-bond donors (Lipinski definition) is 0. The van der Waals surface area contributed by atoms with Gasteiger partial charge in [-0.25, -0.2) is 0 Å². The van der Waals surface area contributed by atoms with Crippen LogP contribution in [0.1, 0.15) is 25.7 Å². The molecule has 1 atom stereocenters. The maximum atomic E-state index is 11.4. The maximum Gasteiger partial charge on any atom is 0.268 e. The van der Waals surface area contributed by atoms with Gasteiger partial charge in [0.1, 0.15) is 13.2 Å². The zero-order valence-electron chi connectivity index (χ0n) is 12.5. The maximum absolute atomic E-state index is 11.4. The number of unbranched alkanes of at least 4 members (excludes halogenated alkanes) is 3. The Morgan fingerprint density at radius 1 is 1.15 bits per heavy atom. The van der Waals surface area contributed by atoms with E-state index in [0.717, 1.165) is 19.3 Å². The van der Waals surface area contributed by atoms with Crippen molar-refractivity contribution in [3.8, 4) is 0 Å². The molecule has 8 nitrogen and oxygen atoms in total. The molecule has 0 amide bonds. The normalized spacial score (nSPS) is 14.6. The first-order chi connectivity index (χ1) is 9.27. The van der Waals surface area contributed by atoms with Gasteiger partial charge in [-0.3, -0.25) is 4.57 Å². The van der Waals surface area contributed by atoms with Crippen LogP contribution in [-0.4, -0.2) is 51.9 Å². The summed E-state index contributed by atoms with van der Waals surface area (Å²) in [5.41, 5.74) is 8.08. The summed E-state index contributed by atoms with van der Waals surface area (Å²) in [6.07, 6.45) is 3.16. The molecule has 0 saturated carbocycles. The van der Waals surface area contributed by atoms with Gasteiger partial charge in [-0.1, -0.05) is 18.0 Å². The van der Waals surface area contributed by atoms with Crippen LogP contribution in [0, 0.1) is 0 Å². The third kappa shape index (κ3) is 13.8. The second kappa shape index (κ2) is 10.2. The fourth-order valence-electron chi connectivity index (χ4n) is 1.32. The Bertz CT molecular complexity index is 353. The van der Waals surface area contributed by atoms with Gasteiger partial charge in [-0.05, 0) is 18.4 Å². The molecule has 0 aromatic heterocycles. The molecule has 0 aliphatic heterocycles. The number of phosphoric ester groups is 1. The van der Waals surface area contributed by atoms with Crippen molar-refractivity contribution in [3.63, 3.8) is 0 Å². The number of nitrogens with zero attached hydrogens (tertiary/aromatic N) is 4. The highest BCUT2D eigenvalue weighted by Gasteiger charge is 2.12. The average Bonchev–Trinajstić information content (AvgIpc) is 2.30. The fraction of sp³-hybridized carbons (Fsp3) is 1.00. The van der Waals surface area contributed by atoms with Crippen molar-refractivity contribution < 1.29 is 23.0 Å². The summed E-state index contributed by atoms with van der Waals surface area (Å²) in [5.74, 6) is 0. The molecule has 20 heavy (non-hydrogen) atoms. The molecular formula is C11H25N4O4P. The Morgan fingerprint density at radius 2 is 1.75 bits per heavy atom. The number of likely N-dealkylation sites (N-methyl/N-ethyl adjacent to an activating group) is 1. The highest BCUT2D eigenvalue weighted by molar-refractivity contribution is 7.45. The molecule has 9 heteroatoms. The van der Waals surface area contributed by atoms with E-state index in [1.54, 1.807) is 0 Å². The molecule has 0 fully saturated rings. The second-order valence-electron chi connectivity index (χ2n) is 5.50. The SMILES string of the molecule is C[N+](C)(C)CCOP(=O)([O-])OCCCCCCN=[N+]=[N-]. The lowest BCUT2D eigenvalue weighted by Gasteiger charge is -2.27. The minimum Gasteiger partial charge on any atom is -0.756 e. The van der Waals surface area contributed by atoms with Crippen LogP contribution < -0.4 is 4.89 Å². The molecule has 0 heterocycles. The van der Waals surface area contributed by atoms with Gasteiger partial charge in [0, 0.05) is 11.5 Å². The summed E-state index contributed by atoms with van der Waals surface area (Å²) in [6.45, 7) is 1.32. The van der Waals surface area contributed by atoms with Crippen LogP contribution in [0.3, 0.4) is 0 Å². The first-order valence-electron chi connectivity index (χ1n) is 6.68. The highest BCUT2D eigenvalue weighted by atomic mass is 31.2. The molecule has 0 N–H and O–H groups in total. The van der Waals surface area contributed by atoms with Crippen molar-refractivity contribution in [1.82, 2.24) is 0 Å². The lowest BCUT2D eigenvalue weighted by Crippen LogP contribution is -2.37. The van der Waals surface area contributed by atoms with Gasteiger partial charge in [-0.2, -0.15) is 0 Å². The summed E-state index contributed by atoms with van der Waals surface area (Å²) in [4.78, 5) is 14.1. The van der Waals surface area contributed by atoms with Crippen LogP contribution in [0.4, 0.5) is 0 Å². The number of azide groups is 1. The molecule has 0 aromatic rings. The van der Waals surface area contributed by atoms with Crippen molar-refractivity contribution >= 4 is 7.82 Å². The van der Waals surface area contributed by atoms with Gasteiger partial charge in [-0.15, -0.1) is 0 Å². The predicted molar refractivity (Wildman–Crippen MR) is 74.9 cm³/mol. The van der Waals surface area contributed by atoms with E-state index in [1.165, 1.54) is 0 Å². The summed E-state index contributed by atoms with van der Waals surface area (Å²) in [5, 5.41) is 3.42. The van der Waals surface area contributed by atoms with Crippen molar-refractivity contribution in [2.45, 2.75) is 25.7 Å². The minimum atomic E-state index is -4.17. The van der Waals surface area contributed by atoms with Crippen molar-refractivity contribution in [2.75, 3.05) is 47.4 Å². The largest absolute Gasteiger partial charge is 0.756 e. The standard InChI is InChI=1S/C11H25N4O4P/c1-15(2,3)9-11-19-20(16,17)18-10-7-5-4-6-8-13-14-12/h4-11H2,1-3H3. The Labute approximate surface area is 120 Å². The summed E-state index contributed by atoms with van der Waals surface area (Å²) in [6, 6.07) is 0. The van der Waals surface area contributed by atoms with Gasteiger partial charge >= 0.3 is 0 Å². The first-order valence-corrected chi connectivity index (χ1v) is 8.14. The Hall–Kier alpha value is -0.620. The highest BCUT2D eigenvalue weighted by Crippen LogP contribution is 2.38. The first kappa shape index (κ1) is 19.4. The molecule has 118 valence electrons. The van der Waals surface area contributed by atoms with E-state index < -0.39 is 7.82 Å². The van der Waals surface area contributed by atoms with E-state index in [-0.39, 0.29) is 13.2 Å². The van der Waals surface area contributed by atoms with E-state index in [4.69, 9.17) is 14.6 Å². The van der Waals surface area contributed by atoms with Gasteiger partial charge in [0.15, 0.2) is 0 Å². The molecule has 0 bridgehead atoms. The summed E-state index contributed by atoms with van der Waals surface area (Å²) >= 11 is 0. The van der Waals surface area contributed by atoms with Crippen LogP contribution in [0.2, 0.25) is 0 Å². The Morgan fingerprint density at radius 3 is 2.35 bits per heavy atom. The predicted octanol–water partition coefficient (Wildman–Crippen LogP) is 2.06. The quantitative estimate of drug-likeness (QED) is 0.137. The van der Waals surface area contributed by atoms with Crippen LogP contribution in [0.5, 0.6) is 0 Å². The van der Waals surface area contributed by atoms with Gasteiger partial charge in [0.05, 0.1) is 27.7 Å². The Balaban J connectivity index is 3.57. The zero-order chi connectivity index (χ0) is 15.5. The van der Waals surface area contributed by atoms with Crippen molar-refractivity contribution in [3.05, 3.63) is 10.4 Å². The molecule has 0 saturated heterocycles. The number of phosphoric acid groups is 1. The van der Waals surface area contributed by atoms with Crippen molar-refractivity contribution in [1.29, 1.82) is 0 Å². The van der Waals surface area contributed by atoms with E-state index in [2.05, 4.69) is 10.0 Å². The van der Waals surface area contributed by atoms with E-state index in [0.29, 0.717) is 24.0 Å². The van der Waals surface area contributed by atoms with Gasteiger partial charge in [0.2, 0.25) is 0 Å². The summed E-state index contributed by atoms with van der Waals surface area (Å²) < 4.78 is 21.6. The topological polar surface area (TPSA) is 107 Å². The third-order valence-electron chi connectivity index (χ3n) is 2.48. The van der Waals surface area contributed by atoms with Crippen LogP contribution in [0.25, 0.3) is 10.4 Å². The molecule has 0 aliphatic rings. The minimum absolute atomic E-state index is 0.121. The molecule has 0 rings (SSSR count). The zero-order valence-corrected chi connectivity index (χ0v) is 13.4. The molecule has 0 radical (unpaired) electrons. The van der Waals surface area contributed by atoms with Crippen LogP contribution in [-0.2, 0) is 13.6 Å². The van der Waals surface area contributed by atoms with Gasteiger partial charge < -0.3 is 18.4 Å². The number of hydrogen-bond acceptors (Lipinski definition) is 5. The number of quaternary nitrogens is 1. The summed E-state index contributed by atoms with van der Waals surface area (Å²) in [7, 11) is 1.69. The lowest BCUT2D eigenvalue weighted by molar-refractivity contribution is -0.870. The molecule has 0 aromatic carbocycles. The third-order valence-corrected chi connectivity index (χ3v) is 3.47. The van der Waals surface area contributed by atoms with E-state index in [9.17, 15) is 9.46 Å². The van der Waals surface area contributed by atoms with E-state index >= 15 is 0 Å². The average molecular weight is 308 g/mol. The monoisotopic (exact) mass is 308 g/mol. The lowest BCUT2D eigenvalue weighted by atomic mass is 10.2. The van der Waals surface area contributed by atoms with Crippen LogP contribution in [0.15, 0.2) is 5.11 Å². The molecule has 0 aliphatic carbocycles. The number of rotatable bonds is 12. The fourth-order valence-corrected chi connectivity index (χ4v) is 2.06. The van der Waals surface area contributed by atoms with Crippen molar-refractivity contribution in [2.24, 2.45) is 5.11 Å². The van der Waals surface area contributed by atoms with Gasteiger partial charge in [0.25, 0.3) is 7.82 Å². The van der Waals surface area contributed by atoms with E-state index in [1.807, 2.05) is 21.1 Å². The molecule has 1 unspecified atom stereocenters.